The minimum atomic E-state index is -1.09. The Kier molecular flexibility index (Phi) is 7.00. The van der Waals surface area contributed by atoms with Crippen molar-refractivity contribution in [2.75, 3.05) is 6.54 Å². The van der Waals surface area contributed by atoms with Crippen LogP contribution in [-0.2, 0) is 14.4 Å². The highest BCUT2D eigenvalue weighted by atomic mass is 16.4. The van der Waals surface area contributed by atoms with E-state index in [1.165, 1.54) is 13.8 Å². The van der Waals surface area contributed by atoms with E-state index in [0.29, 0.717) is 12.8 Å². The first kappa shape index (κ1) is 16.4. The number of amides is 1. The first-order valence-electron chi connectivity index (χ1n) is 6.04. The topological polar surface area (TPSA) is 94.9 Å². The number of carbonyl (C=O) groups excluding carboxylic acids is 1. The van der Waals surface area contributed by atoms with Gasteiger partial charge in [0.25, 0.3) is 0 Å². The number of aliphatic carboxylic acids is 2. The van der Waals surface area contributed by atoms with E-state index in [1.54, 1.807) is 0 Å². The predicted molar refractivity (Wildman–Crippen MR) is 65.1 cm³/mol. The number of hydrogen-bond acceptors (Lipinski definition) is 3. The Labute approximate surface area is 107 Å². The number of carboxylic acids is 2. The van der Waals surface area contributed by atoms with E-state index >= 15 is 0 Å². The summed E-state index contributed by atoms with van der Waals surface area (Å²) in [5.74, 6) is -3.32. The smallest absolute Gasteiger partial charge is 0.326 e. The molecule has 0 rings (SSSR count). The Morgan fingerprint density at radius 1 is 1.17 bits per heavy atom. The molecule has 18 heavy (non-hydrogen) atoms. The molecule has 104 valence electrons. The van der Waals surface area contributed by atoms with E-state index in [1.807, 2.05) is 6.92 Å². The zero-order chi connectivity index (χ0) is 14.3. The van der Waals surface area contributed by atoms with Crippen molar-refractivity contribution in [2.24, 2.45) is 5.92 Å². The van der Waals surface area contributed by atoms with Crippen LogP contribution >= 0.6 is 0 Å². The summed E-state index contributed by atoms with van der Waals surface area (Å²) in [6.45, 7) is 4.57. The molecule has 0 aliphatic carbocycles. The molecule has 0 aliphatic rings. The van der Waals surface area contributed by atoms with Crippen LogP contribution in [0, 0.1) is 5.92 Å². The Morgan fingerprint density at radius 3 is 2.06 bits per heavy atom. The third kappa shape index (κ3) is 5.16. The third-order valence-corrected chi connectivity index (χ3v) is 2.79. The summed E-state index contributed by atoms with van der Waals surface area (Å²) in [5.41, 5.74) is 0. The fourth-order valence-electron chi connectivity index (χ4n) is 1.66. The lowest BCUT2D eigenvalue weighted by molar-refractivity contribution is -0.152. The highest BCUT2D eigenvalue weighted by Gasteiger charge is 2.29. The van der Waals surface area contributed by atoms with Crippen LogP contribution in [-0.4, -0.2) is 45.5 Å². The number of carboxylic acid groups (broad SMARTS) is 2. The van der Waals surface area contributed by atoms with E-state index in [2.05, 4.69) is 0 Å². The fraction of sp³-hybridized carbons (Fsp3) is 0.750. The molecular weight excluding hydrogens is 238 g/mol. The Bertz CT molecular complexity index is 316. The molecule has 0 bridgehead atoms. The van der Waals surface area contributed by atoms with Crippen molar-refractivity contribution in [3.8, 4) is 0 Å². The first-order valence-corrected chi connectivity index (χ1v) is 6.04. The second-order valence-electron chi connectivity index (χ2n) is 4.41. The van der Waals surface area contributed by atoms with Crippen LogP contribution in [0.5, 0.6) is 0 Å². The Hall–Kier alpha value is -1.59. The molecule has 1 amide bonds. The minimum Gasteiger partial charge on any atom is -0.481 e. The molecule has 0 radical (unpaired) electrons. The summed E-state index contributed by atoms with van der Waals surface area (Å²) in [6.07, 6.45) is 1.85. The fourth-order valence-corrected chi connectivity index (χ4v) is 1.66. The lowest BCUT2D eigenvalue weighted by Gasteiger charge is -2.29. The van der Waals surface area contributed by atoms with E-state index < -0.39 is 29.8 Å². The summed E-state index contributed by atoms with van der Waals surface area (Å²) >= 11 is 0. The van der Waals surface area contributed by atoms with E-state index in [9.17, 15) is 14.4 Å². The molecule has 2 atom stereocenters. The Balaban J connectivity index is 4.86. The number of carbonyl (C=O) groups is 3. The molecule has 0 heterocycles. The molecule has 0 saturated heterocycles. The molecule has 0 fully saturated rings. The SMILES string of the molecule is CCCCC(C(=O)O)N(CC(C)C(=O)O)C(C)=O. The normalized spacial score (nSPS) is 13.7. The van der Waals surface area contributed by atoms with Crippen molar-refractivity contribution < 1.29 is 24.6 Å². The van der Waals surface area contributed by atoms with Crippen molar-refractivity contribution in [1.29, 1.82) is 0 Å². The van der Waals surface area contributed by atoms with Gasteiger partial charge in [0.1, 0.15) is 6.04 Å². The third-order valence-electron chi connectivity index (χ3n) is 2.79. The quantitative estimate of drug-likeness (QED) is 0.683. The van der Waals surface area contributed by atoms with Crippen molar-refractivity contribution in [3.05, 3.63) is 0 Å². The maximum Gasteiger partial charge on any atom is 0.326 e. The van der Waals surface area contributed by atoms with Gasteiger partial charge >= 0.3 is 11.9 Å². The first-order chi connectivity index (χ1) is 8.31. The molecule has 0 aliphatic heterocycles. The van der Waals surface area contributed by atoms with Gasteiger partial charge in [-0.2, -0.15) is 0 Å². The van der Waals surface area contributed by atoms with Gasteiger partial charge in [-0.15, -0.1) is 0 Å². The molecule has 0 spiro atoms. The summed E-state index contributed by atoms with van der Waals surface area (Å²) < 4.78 is 0. The van der Waals surface area contributed by atoms with Gasteiger partial charge in [-0.25, -0.2) is 4.79 Å². The zero-order valence-corrected chi connectivity index (χ0v) is 11.0. The maximum atomic E-state index is 11.5. The van der Waals surface area contributed by atoms with Gasteiger partial charge in [0, 0.05) is 13.5 Å². The molecule has 2 unspecified atom stereocenters. The molecule has 6 heteroatoms. The van der Waals surface area contributed by atoms with Crippen LogP contribution in [0.25, 0.3) is 0 Å². The highest BCUT2D eigenvalue weighted by molar-refractivity contribution is 5.82. The minimum absolute atomic E-state index is 0.0780. The number of unbranched alkanes of at least 4 members (excludes halogenated alkanes) is 1. The predicted octanol–water partition coefficient (Wildman–Crippen LogP) is 1.20. The molecule has 0 aromatic heterocycles. The molecule has 2 N–H and O–H groups in total. The van der Waals surface area contributed by atoms with Crippen LogP contribution in [0.15, 0.2) is 0 Å². The van der Waals surface area contributed by atoms with E-state index in [4.69, 9.17) is 10.2 Å². The van der Waals surface area contributed by atoms with Gasteiger partial charge in [0.15, 0.2) is 0 Å². The monoisotopic (exact) mass is 259 g/mol. The molecular formula is C12H21NO5. The maximum absolute atomic E-state index is 11.5. The summed E-state index contributed by atoms with van der Waals surface area (Å²) in [4.78, 5) is 34.6. The molecule has 0 aromatic carbocycles. The van der Waals surface area contributed by atoms with Crippen molar-refractivity contribution >= 4 is 17.8 Å². The zero-order valence-electron chi connectivity index (χ0n) is 11.0. The van der Waals surface area contributed by atoms with Gasteiger partial charge in [-0.05, 0) is 6.42 Å². The molecule has 0 aromatic rings. The molecule has 6 nitrogen and oxygen atoms in total. The van der Waals surface area contributed by atoms with Gasteiger partial charge in [0.2, 0.25) is 5.91 Å². The van der Waals surface area contributed by atoms with Crippen LogP contribution in [0.4, 0.5) is 0 Å². The summed E-state index contributed by atoms with van der Waals surface area (Å²) in [6, 6.07) is -0.941. The number of rotatable bonds is 8. The number of nitrogens with zero attached hydrogens (tertiary/aromatic N) is 1. The van der Waals surface area contributed by atoms with Gasteiger partial charge in [-0.3, -0.25) is 9.59 Å². The van der Waals surface area contributed by atoms with Crippen molar-refractivity contribution in [1.82, 2.24) is 4.90 Å². The lowest BCUT2D eigenvalue weighted by Crippen LogP contribution is -2.47. The average Bonchev–Trinajstić information content (AvgIpc) is 2.26. The van der Waals surface area contributed by atoms with Crippen molar-refractivity contribution in [2.45, 2.75) is 46.1 Å². The highest BCUT2D eigenvalue weighted by Crippen LogP contribution is 2.13. The standard InChI is InChI=1S/C12H21NO5/c1-4-5-6-10(12(17)18)13(9(3)14)7-8(2)11(15)16/h8,10H,4-7H2,1-3H3,(H,15,16)(H,17,18). The Morgan fingerprint density at radius 2 is 1.72 bits per heavy atom. The average molecular weight is 259 g/mol. The second-order valence-corrected chi connectivity index (χ2v) is 4.41. The van der Waals surface area contributed by atoms with Gasteiger partial charge in [-0.1, -0.05) is 26.7 Å². The summed E-state index contributed by atoms with van der Waals surface area (Å²) in [5, 5.41) is 18.0. The van der Waals surface area contributed by atoms with Crippen molar-refractivity contribution in [3.63, 3.8) is 0 Å². The van der Waals surface area contributed by atoms with Gasteiger partial charge < -0.3 is 15.1 Å². The number of hydrogen-bond donors (Lipinski definition) is 2. The largest absolute Gasteiger partial charge is 0.481 e. The van der Waals surface area contributed by atoms with Crippen LogP contribution in [0.2, 0.25) is 0 Å². The van der Waals surface area contributed by atoms with Crippen LogP contribution in [0.3, 0.4) is 0 Å². The van der Waals surface area contributed by atoms with E-state index in [-0.39, 0.29) is 6.54 Å². The summed E-state index contributed by atoms with van der Waals surface area (Å²) in [7, 11) is 0. The second kappa shape index (κ2) is 7.68. The molecule has 0 saturated carbocycles. The van der Waals surface area contributed by atoms with Gasteiger partial charge in [0.05, 0.1) is 5.92 Å². The lowest BCUT2D eigenvalue weighted by atomic mass is 10.1. The van der Waals surface area contributed by atoms with Crippen LogP contribution in [0.1, 0.15) is 40.0 Å². The van der Waals surface area contributed by atoms with Crippen LogP contribution < -0.4 is 0 Å². The van der Waals surface area contributed by atoms with E-state index in [0.717, 1.165) is 11.3 Å².